The molecule has 0 aliphatic rings. The standard InChI is InChI=1S/C14H15NOS2/c15-12-5-4-8-14(11-12)18(16)10-9-17-13-6-2-1-3-7-13/h1-8,11H,9-10,15H2. The maximum atomic E-state index is 12.0. The van der Waals surface area contributed by atoms with Crippen molar-refractivity contribution in [2.75, 3.05) is 17.2 Å². The summed E-state index contributed by atoms with van der Waals surface area (Å²) in [4.78, 5) is 2.02. The molecule has 2 aromatic carbocycles. The van der Waals surface area contributed by atoms with E-state index in [0.717, 1.165) is 10.6 Å². The molecule has 0 fully saturated rings. The van der Waals surface area contributed by atoms with E-state index in [9.17, 15) is 4.21 Å². The highest BCUT2D eigenvalue weighted by atomic mass is 32.2. The molecule has 18 heavy (non-hydrogen) atoms. The normalized spacial score (nSPS) is 12.2. The van der Waals surface area contributed by atoms with E-state index in [2.05, 4.69) is 12.1 Å². The van der Waals surface area contributed by atoms with Crippen LogP contribution in [0.25, 0.3) is 0 Å². The Morgan fingerprint density at radius 1 is 1.06 bits per heavy atom. The molecule has 2 N–H and O–H groups in total. The molecule has 2 rings (SSSR count). The summed E-state index contributed by atoms with van der Waals surface area (Å²) in [5, 5.41) is 0. The molecule has 0 aliphatic heterocycles. The average molecular weight is 277 g/mol. The van der Waals surface area contributed by atoms with Gasteiger partial charge in [-0.3, -0.25) is 4.21 Å². The van der Waals surface area contributed by atoms with Gasteiger partial charge in [0.05, 0.1) is 10.8 Å². The molecule has 0 aromatic heterocycles. The van der Waals surface area contributed by atoms with Crippen LogP contribution in [0.5, 0.6) is 0 Å². The molecule has 2 nitrogen and oxygen atoms in total. The quantitative estimate of drug-likeness (QED) is 0.674. The number of nitrogens with two attached hydrogens (primary N) is 1. The van der Waals surface area contributed by atoms with Crippen molar-refractivity contribution in [2.24, 2.45) is 0 Å². The molecule has 0 aliphatic carbocycles. The van der Waals surface area contributed by atoms with E-state index in [1.54, 1.807) is 23.9 Å². The van der Waals surface area contributed by atoms with Crippen LogP contribution in [0.1, 0.15) is 0 Å². The van der Waals surface area contributed by atoms with Gasteiger partial charge in [-0.1, -0.05) is 24.3 Å². The lowest BCUT2D eigenvalue weighted by atomic mass is 10.3. The molecule has 94 valence electrons. The summed E-state index contributed by atoms with van der Waals surface area (Å²) in [5.41, 5.74) is 6.34. The second kappa shape index (κ2) is 6.61. The zero-order valence-electron chi connectivity index (χ0n) is 9.91. The third-order valence-corrected chi connectivity index (χ3v) is 5.03. The lowest BCUT2D eigenvalue weighted by molar-refractivity contribution is 0.684. The number of benzene rings is 2. The Morgan fingerprint density at radius 2 is 1.83 bits per heavy atom. The first-order valence-corrected chi connectivity index (χ1v) is 7.98. The summed E-state index contributed by atoms with van der Waals surface area (Å²) in [5.74, 6) is 1.48. The predicted octanol–water partition coefficient (Wildman–Crippen LogP) is 3.17. The number of hydrogen-bond acceptors (Lipinski definition) is 3. The summed E-state index contributed by atoms with van der Waals surface area (Å²) in [7, 11) is -0.968. The minimum Gasteiger partial charge on any atom is -0.399 e. The second-order valence-corrected chi connectivity index (χ2v) is 6.52. The van der Waals surface area contributed by atoms with Crippen LogP contribution in [-0.4, -0.2) is 15.7 Å². The topological polar surface area (TPSA) is 43.1 Å². The van der Waals surface area contributed by atoms with Gasteiger partial charge < -0.3 is 5.73 Å². The van der Waals surface area contributed by atoms with Crippen molar-refractivity contribution >= 4 is 28.2 Å². The Balaban J connectivity index is 1.86. The zero-order valence-corrected chi connectivity index (χ0v) is 11.5. The molecule has 0 heterocycles. The molecule has 0 radical (unpaired) electrons. The van der Waals surface area contributed by atoms with Gasteiger partial charge in [0.25, 0.3) is 0 Å². The molecular formula is C14H15NOS2. The molecular weight excluding hydrogens is 262 g/mol. The van der Waals surface area contributed by atoms with Crippen LogP contribution < -0.4 is 5.73 Å². The van der Waals surface area contributed by atoms with Crippen molar-refractivity contribution in [3.63, 3.8) is 0 Å². The van der Waals surface area contributed by atoms with Crippen LogP contribution in [-0.2, 0) is 10.8 Å². The molecule has 0 saturated heterocycles. The maximum Gasteiger partial charge on any atom is 0.0538 e. The minimum atomic E-state index is -0.968. The Bertz CT molecular complexity index is 528. The zero-order chi connectivity index (χ0) is 12.8. The summed E-state index contributed by atoms with van der Waals surface area (Å²) in [6.07, 6.45) is 0. The van der Waals surface area contributed by atoms with E-state index in [1.807, 2.05) is 30.3 Å². The largest absolute Gasteiger partial charge is 0.399 e. The van der Waals surface area contributed by atoms with Crippen LogP contribution in [0.15, 0.2) is 64.4 Å². The van der Waals surface area contributed by atoms with Crippen LogP contribution in [0.3, 0.4) is 0 Å². The summed E-state index contributed by atoms with van der Waals surface area (Å²) >= 11 is 1.72. The first-order chi connectivity index (χ1) is 8.75. The number of anilines is 1. The van der Waals surface area contributed by atoms with E-state index in [1.165, 1.54) is 4.90 Å². The SMILES string of the molecule is Nc1cccc(S(=O)CCSc2ccccc2)c1. The third-order valence-electron chi connectivity index (χ3n) is 2.40. The van der Waals surface area contributed by atoms with Crippen molar-refractivity contribution in [3.8, 4) is 0 Å². The van der Waals surface area contributed by atoms with Crippen LogP contribution >= 0.6 is 11.8 Å². The van der Waals surface area contributed by atoms with Gasteiger partial charge in [-0.2, -0.15) is 0 Å². The first-order valence-electron chi connectivity index (χ1n) is 5.67. The third kappa shape index (κ3) is 3.89. The highest BCUT2D eigenvalue weighted by molar-refractivity contribution is 8.00. The summed E-state index contributed by atoms with van der Waals surface area (Å²) in [6.45, 7) is 0. The minimum absolute atomic E-state index is 0.642. The van der Waals surface area contributed by atoms with E-state index in [0.29, 0.717) is 11.4 Å². The first kappa shape index (κ1) is 13.2. The second-order valence-electron chi connectivity index (χ2n) is 3.78. The number of thioether (sulfide) groups is 1. The van der Waals surface area contributed by atoms with Gasteiger partial charge in [0.2, 0.25) is 0 Å². The predicted molar refractivity (Wildman–Crippen MR) is 79.3 cm³/mol. The molecule has 1 unspecified atom stereocenters. The molecule has 0 saturated carbocycles. The molecule has 0 amide bonds. The maximum absolute atomic E-state index is 12.0. The summed E-state index contributed by atoms with van der Waals surface area (Å²) in [6, 6.07) is 17.4. The number of rotatable bonds is 5. The van der Waals surface area contributed by atoms with Gasteiger partial charge in [-0.25, -0.2) is 0 Å². The van der Waals surface area contributed by atoms with Gasteiger partial charge in [0, 0.05) is 27.0 Å². The van der Waals surface area contributed by atoms with E-state index >= 15 is 0 Å². The fourth-order valence-corrected chi connectivity index (χ4v) is 3.78. The monoisotopic (exact) mass is 277 g/mol. The van der Waals surface area contributed by atoms with Crippen molar-refractivity contribution in [1.29, 1.82) is 0 Å². The molecule has 0 spiro atoms. The van der Waals surface area contributed by atoms with Crippen LogP contribution in [0.4, 0.5) is 5.69 Å². The lowest BCUT2D eigenvalue weighted by Crippen LogP contribution is -2.01. The smallest absolute Gasteiger partial charge is 0.0538 e. The Kier molecular flexibility index (Phi) is 4.84. The molecule has 0 bridgehead atoms. The van der Waals surface area contributed by atoms with E-state index in [4.69, 9.17) is 5.73 Å². The number of hydrogen-bond donors (Lipinski definition) is 1. The van der Waals surface area contributed by atoms with E-state index < -0.39 is 10.8 Å². The van der Waals surface area contributed by atoms with Crippen LogP contribution in [0, 0.1) is 0 Å². The van der Waals surface area contributed by atoms with Gasteiger partial charge in [0.1, 0.15) is 0 Å². The molecule has 2 aromatic rings. The Hall–Kier alpha value is -1.26. The fraction of sp³-hybridized carbons (Fsp3) is 0.143. The van der Waals surface area contributed by atoms with Crippen molar-refractivity contribution in [2.45, 2.75) is 9.79 Å². The van der Waals surface area contributed by atoms with Gasteiger partial charge in [-0.15, -0.1) is 11.8 Å². The number of nitrogen functional groups attached to an aromatic ring is 1. The van der Waals surface area contributed by atoms with Gasteiger partial charge >= 0.3 is 0 Å². The van der Waals surface area contributed by atoms with Gasteiger partial charge in [-0.05, 0) is 30.3 Å². The van der Waals surface area contributed by atoms with Crippen LogP contribution in [0.2, 0.25) is 0 Å². The molecule has 4 heteroatoms. The van der Waals surface area contributed by atoms with Crippen molar-refractivity contribution < 1.29 is 4.21 Å². The fourth-order valence-electron chi connectivity index (χ4n) is 1.53. The van der Waals surface area contributed by atoms with Crippen molar-refractivity contribution in [1.82, 2.24) is 0 Å². The Labute approximate surface area is 114 Å². The highest BCUT2D eigenvalue weighted by Gasteiger charge is 2.04. The average Bonchev–Trinajstić information content (AvgIpc) is 2.40. The lowest BCUT2D eigenvalue weighted by Gasteiger charge is -2.03. The summed E-state index contributed by atoms with van der Waals surface area (Å²) < 4.78 is 12.0. The van der Waals surface area contributed by atoms with E-state index in [-0.39, 0.29) is 0 Å². The molecule has 1 atom stereocenters. The van der Waals surface area contributed by atoms with Crippen molar-refractivity contribution in [3.05, 3.63) is 54.6 Å². The Morgan fingerprint density at radius 3 is 2.56 bits per heavy atom. The highest BCUT2D eigenvalue weighted by Crippen LogP contribution is 2.18. The van der Waals surface area contributed by atoms with Gasteiger partial charge in [0.15, 0.2) is 0 Å².